The predicted octanol–water partition coefficient (Wildman–Crippen LogP) is 1.67. The number of carbonyl (C=O) groups is 1. The molecular formula is C14H13FN4O2S. The quantitative estimate of drug-likeness (QED) is 0.750. The summed E-state index contributed by atoms with van der Waals surface area (Å²) >= 11 is 1.51. The predicted molar refractivity (Wildman–Crippen MR) is 79.5 cm³/mol. The summed E-state index contributed by atoms with van der Waals surface area (Å²) in [6.07, 6.45) is 2.33. The maximum atomic E-state index is 12.7. The molecule has 0 radical (unpaired) electrons. The van der Waals surface area contributed by atoms with Crippen molar-refractivity contribution in [2.24, 2.45) is 0 Å². The molecular weight excluding hydrogens is 307 g/mol. The molecule has 3 rings (SSSR count). The van der Waals surface area contributed by atoms with E-state index in [1.807, 2.05) is 9.78 Å². The van der Waals surface area contributed by atoms with Gasteiger partial charge in [-0.3, -0.25) is 9.20 Å². The number of amides is 1. The van der Waals surface area contributed by atoms with Crippen molar-refractivity contribution in [1.29, 1.82) is 0 Å². The minimum Gasteiger partial charge on any atom is -0.484 e. The van der Waals surface area contributed by atoms with E-state index in [-0.39, 0.29) is 18.3 Å². The Morgan fingerprint density at radius 2 is 2.18 bits per heavy atom. The molecule has 114 valence electrons. The molecule has 8 heteroatoms. The molecule has 0 aliphatic rings. The monoisotopic (exact) mass is 320 g/mol. The summed E-state index contributed by atoms with van der Waals surface area (Å²) in [4.78, 5) is 12.5. The fourth-order valence-electron chi connectivity index (χ4n) is 1.92. The third-order valence-electron chi connectivity index (χ3n) is 3.01. The lowest BCUT2D eigenvalue weighted by Gasteiger charge is -2.07. The number of hydrogen-bond acceptors (Lipinski definition) is 5. The second-order valence-electron chi connectivity index (χ2n) is 4.55. The first-order valence-electron chi connectivity index (χ1n) is 6.63. The Morgan fingerprint density at radius 3 is 3.00 bits per heavy atom. The lowest BCUT2D eigenvalue weighted by molar-refractivity contribution is -0.123. The zero-order valence-electron chi connectivity index (χ0n) is 11.5. The Morgan fingerprint density at radius 1 is 1.36 bits per heavy atom. The van der Waals surface area contributed by atoms with Gasteiger partial charge in [0.15, 0.2) is 6.61 Å². The molecule has 0 saturated heterocycles. The number of thiazole rings is 1. The molecule has 3 aromatic rings. The van der Waals surface area contributed by atoms with E-state index in [4.69, 9.17) is 4.74 Å². The third-order valence-corrected chi connectivity index (χ3v) is 3.89. The Balaban J connectivity index is 1.42. The first-order chi connectivity index (χ1) is 10.7. The second-order valence-corrected chi connectivity index (χ2v) is 5.39. The van der Waals surface area contributed by atoms with Gasteiger partial charge in [-0.15, -0.1) is 21.5 Å². The van der Waals surface area contributed by atoms with E-state index in [1.165, 1.54) is 35.6 Å². The minimum atomic E-state index is -0.340. The Bertz CT molecular complexity index is 769. The van der Waals surface area contributed by atoms with E-state index in [0.29, 0.717) is 18.7 Å². The van der Waals surface area contributed by atoms with Crippen LogP contribution in [0.4, 0.5) is 4.39 Å². The number of halogens is 1. The number of benzene rings is 1. The van der Waals surface area contributed by atoms with Crippen LogP contribution in [0.15, 0.2) is 36.0 Å². The van der Waals surface area contributed by atoms with Crippen LogP contribution in [0.1, 0.15) is 5.69 Å². The summed E-state index contributed by atoms with van der Waals surface area (Å²) in [6.45, 7) is 0.396. The molecule has 0 aliphatic carbocycles. The lowest BCUT2D eigenvalue weighted by Crippen LogP contribution is -2.30. The van der Waals surface area contributed by atoms with Crippen molar-refractivity contribution >= 4 is 22.2 Å². The Kier molecular flexibility index (Phi) is 4.29. The van der Waals surface area contributed by atoms with E-state index in [1.54, 1.807) is 6.33 Å². The molecule has 2 heterocycles. The summed E-state index contributed by atoms with van der Waals surface area (Å²) in [7, 11) is 0. The van der Waals surface area contributed by atoms with Crippen molar-refractivity contribution in [3.05, 3.63) is 47.5 Å². The van der Waals surface area contributed by atoms with Gasteiger partial charge >= 0.3 is 0 Å². The molecule has 0 unspecified atom stereocenters. The Labute approximate surface area is 129 Å². The topological polar surface area (TPSA) is 68.5 Å². The van der Waals surface area contributed by atoms with Gasteiger partial charge in [-0.2, -0.15) is 0 Å². The first kappa shape index (κ1) is 14.5. The van der Waals surface area contributed by atoms with E-state index in [2.05, 4.69) is 15.5 Å². The van der Waals surface area contributed by atoms with Crippen molar-refractivity contribution in [2.45, 2.75) is 6.42 Å². The summed E-state index contributed by atoms with van der Waals surface area (Å²) in [6, 6.07) is 5.54. The zero-order chi connectivity index (χ0) is 15.4. The van der Waals surface area contributed by atoms with Gasteiger partial charge < -0.3 is 10.1 Å². The normalized spacial score (nSPS) is 10.8. The van der Waals surface area contributed by atoms with Crippen LogP contribution in [0.25, 0.3) is 4.96 Å². The molecule has 2 aromatic heterocycles. The van der Waals surface area contributed by atoms with E-state index >= 15 is 0 Å². The van der Waals surface area contributed by atoms with Crippen molar-refractivity contribution in [3.8, 4) is 5.75 Å². The van der Waals surface area contributed by atoms with Gasteiger partial charge in [-0.1, -0.05) is 0 Å². The number of hydrogen-bond donors (Lipinski definition) is 1. The number of nitrogens with zero attached hydrogens (tertiary/aromatic N) is 3. The fourth-order valence-corrected chi connectivity index (χ4v) is 2.76. The highest BCUT2D eigenvalue weighted by atomic mass is 32.1. The molecule has 1 aromatic carbocycles. The molecule has 0 bridgehead atoms. The van der Waals surface area contributed by atoms with Crippen molar-refractivity contribution in [1.82, 2.24) is 19.9 Å². The molecule has 0 spiro atoms. The molecule has 1 amide bonds. The minimum absolute atomic E-state index is 0.0999. The summed E-state index contributed by atoms with van der Waals surface area (Å²) in [5, 5.41) is 12.5. The van der Waals surface area contributed by atoms with Crippen molar-refractivity contribution in [2.75, 3.05) is 13.2 Å². The van der Waals surface area contributed by atoms with Crippen LogP contribution in [0.2, 0.25) is 0 Å². The average molecular weight is 320 g/mol. The molecule has 22 heavy (non-hydrogen) atoms. The van der Waals surface area contributed by atoms with Gasteiger partial charge in [-0.05, 0) is 24.3 Å². The second kappa shape index (κ2) is 6.52. The molecule has 6 nitrogen and oxygen atoms in total. The lowest BCUT2D eigenvalue weighted by atomic mass is 10.3. The van der Waals surface area contributed by atoms with Crippen LogP contribution >= 0.6 is 11.3 Å². The van der Waals surface area contributed by atoms with Crippen LogP contribution in [0.3, 0.4) is 0 Å². The van der Waals surface area contributed by atoms with Crippen LogP contribution in [-0.2, 0) is 11.2 Å². The number of fused-ring (bicyclic) bond motifs is 1. The van der Waals surface area contributed by atoms with Gasteiger partial charge in [0.25, 0.3) is 5.91 Å². The Hall–Kier alpha value is -2.48. The maximum Gasteiger partial charge on any atom is 0.257 e. The number of carbonyl (C=O) groups excluding carboxylic acids is 1. The highest BCUT2D eigenvalue weighted by molar-refractivity contribution is 7.15. The van der Waals surface area contributed by atoms with Crippen molar-refractivity contribution in [3.63, 3.8) is 0 Å². The van der Waals surface area contributed by atoms with Crippen LogP contribution in [-0.4, -0.2) is 33.7 Å². The van der Waals surface area contributed by atoms with E-state index in [0.717, 1.165) is 10.7 Å². The van der Waals surface area contributed by atoms with Crippen LogP contribution < -0.4 is 10.1 Å². The van der Waals surface area contributed by atoms with Crippen LogP contribution in [0.5, 0.6) is 5.75 Å². The highest BCUT2D eigenvalue weighted by Gasteiger charge is 2.06. The standard InChI is InChI=1S/C14H13FN4O2S/c15-10-1-3-12(4-2-10)21-7-13(20)16-6-5-11-8-22-14-18-17-9-19(11)14/h1-4,8-9H,5-7H2,(H,16,20). The SMILES string of the molecule is O=C(COc1ccc(F)cc1)NCCc1csc2nncn12. The fraction of sp³-hybridized carbons (Fsp3) is 0.214. The first-order valence-corrected chi connectivity index (χ1v) is 7.51. The van der Waals surface area contributed by atoms with E-state index in [9.17, 15) is 9.18 Å². The largest absolute Gasteiger partial charge is 0.484 e. The van der Waals surface area contributed by atoms with Gasteiger partial charge in [0, 0.05) is 24.0 Å². The number of aromatic nitrogens is 3. The zero-order valence-corrected chi connectivity index (χ0v) is 12.3. The summed E-state index contributed by atoms with van der Waals surface area (Å²) in [5.74, 6) is -0.104. The van der Waals surface area contributed by atoms with Crippen molar-refractivity contribution < 1.29 is 13.9 Å². The summed E-state index contributed by atoms with van der Waals surface area (Å²) < 4.78 is 19.9. The summed E-state index contributed by atoms with van der Waals surface area (Å²) in [5.41, 5.74) is 1.05. The molecule has 0 aliphatic heterocycles. The van der Waals surface area contributed by atoms with E-state index < -0.39 is 0 Å². The maximum absolute atomic E-state index is 12.7. The van der Waals surface area contributed by atoms with Gasteiger partial charge in [0.1, 0.15) is 17.9 Å². The molecule has 0 saturated carbocycles. The van der Waals surface area contributed by atoms with Gasteiger partial charge in [0.05, 0.1) is 0 Å². The molecule has 0 atom stereocenters. The smallest absolute Gasteiger partial charge is 0.257 e. The molecule has 1 N–H and O–H groups in total. The number of ether oxygens (including phenoxy) is 1. The number of rotatable bonds is 6. The average Bonchev–Trinajstić information content (AvgIpc) is 3.11. The third kappa shape index (κ3) is 3.40. The highest BCUT2D eigenvalue weighted by Crippen LogP contribution is 2.13. The van der Waals surface area contributed by atoms with Gasteiger partial charge in [0.2, 0.25) is 4.96 Å². The molecule has 0 fully saturated rings. The van der Waals surface area contributed by atoms with Gasteiger partial charge in [-0.25, -0.2) is 4.39 Å². The number of nitrogens with one attached hydrogen (secondary N) is 1. The van der Waals surface area contributed by atoms with Crippen LogP contribution in [0, 0.1) is 5.82 Å².